The first kappa shape index (κ1) is 17.4. The van der Waals surface area contributed by atoms with Crippen LogP contribution in [-0.2, 0) is 20.0 Å². The van der Waals surface area contributed by atoms with Crippen molar-refractivity contribution in [1.82, 2.24) is 14.7 Å². The van der Waals surface area contributed by atoms with Crippen molar-refractivity contribution in [2.24, 2.45) is 7.05 Å². The van der Waals surface area contributed by atoms with E-state index in [0.717, 1.165) is 29.2 Å². The van der Waals surface area contributed by atoms with E-state index in [9.17, 15) is 9.50 Å². The molecule has 1 unspecified atom stereocenters. The molecule has 0 radical (unpaired) electrons. The van der Waals surface area contributed by atoms with Crippen LogP contribution in [0.25, 0.3) is 10.6 Å². The highest BCUT2D eigenvalue weighted by Crippen LogP contribution is 2.31. The average Bonchev–Trinajstić information content (AvgIpc) is 3.29. The lowest BCUT2D eigenvalue weighted by Crippen LogP contribution is -2.35. The van der Waals surface area contributed by atoms with Gasteiger partial charge in [0.15, 0.2) is 0 Å². The highest BCUT2D eigenvalue weighted by molar-refractivity contribution is 7.13. The molecule has 1 aliphatic rings. The minimum absolute atomic E-state index is 0.253. The maximum atomic E-state index is 13.4. The van der Waals surface area contributed by atoms with Gasteiger partial charge in [-0.2, -0.15) is 5.10 Å². The Kier molecular flexibility index (Phi) is 4.65. The smallest absolute Gasteiger partial charge is 0.123 e. The van der Waals surface area contributed by atoms with Gasteiger partial charge in [0, 0.05) is 44.9 Å². The molecular formula is C20H22FN3OS. The molecule has 1 saturated heterocycles. The third-order valence-electron chi connectivity index (χ3n) is 4.89. The normalized spacial score (nSPS) is 20.7. The summed E-state index contributed by atoms with van der Waals surface area (Å²) < 4.78 is 15.3. The number of benzene rings is 1. The molecule has 1 aromatic carbocycles. The van der Waals surface area contributed by atoms with Crippen LogP contribution in [0.5, 0.6) is 0 Å². The number of rotatable bonds is 5. The zero-order chi connectivity index (χ0) is 18.1. The topological polar surface area (TPSA) is 41.3 Å². The SMILES string of the molecule is Cn1cc(CN2CCC(O)(Cc3cccc(F)c3)C2)c(-c2cccs2)n1. The molecule has 3 aromatic rings. The molecule has 2 aromatic heterocycles. The summed E-state index contributed by atoms with van der Waals surface area (Å²) in [6.45, 7) is 2.17. The number of hydrogen-bond acceptors (Lipinski definition) is 4. The fourth-order valence-electron chi connectivity index (χ4n) is 3.76. The monoisotopic (exact) mass is 371 g/mol. The summed E-state index contributed by atoms with van der Waals surface area (Å²) in [6, 6.07) is 10.6. The van der Waals surface area contributed by atoms with Gasteiger partial charge in [0.05, 0.1) is 10.5 Å². The second-order valence-corrected chi connectivity index (χ2v) is 8.09. The second kappa shape index (κ2) is 6.95. The molecule has 1 N–H and O–H groups in total. The molecule has 6 heteroatoms. The quantitative estimate of drug-likeness (QED) is 0.747. The van der Waals surface area contributed by atoms with E-state index in [1.807, 2.05) is 23.9 Å². The number of hydrogen-bond donors (Lipinski definition) is 1. The number of likely N-dealkylation sites (tertiary alicyclic amines) is 1. The molecule has 3 heterocycles. The van der Waals surface area contributed by atoms with Crippen LogP contribution in [-0.4, -0.2) is 38.5 Å². The number of halogens is 1. The van der Waals surface area contributed by atoms with Crippen molar-refractivity contribution in [3.05, 3.63) is 64.9 Å². The van der Waals surface area contributed by atoms with Crippen LogP contribution >= 0.6 is 11.3 Å². The van der Waals surface area contributed by atoms with Gasteiger partial charge in [-0.1, -0.05) is 18.2 Å². The summed E-state index contributed by atoms with van der Waals surface area (Å²) in [4.78, 5) is 3.42. The van der Waals surface area contributed by atoms with E-state index in [1.54, 1.807) is 17.4 Å². The summed E-state index contributed by atoms with van der Waals surface area (Å²) >= 11 is 1.69. The zero-order valence-electron chi connectivity index (χ0n) is 14.7. The highest BCUT2D eigenvalue weighted by atomic mass is 32.1. The molecule has 4 nitrogen and oxygen atoms in total. The number of aromatic nitrogens is 2. The average molecular weight is 371 g/mol. The summed E-state index contributed by atoms with van der Waals surface area (Å²) in [7, 11) is 1.94. The van der Waals surface area contributed by atoms with Gasteiger partial charge in [0.2, 0.25) is 0 Å². The summed E-state index contributed by atoms with van der Waals surface area (Å²) in [5.74, 6) is -0.253. The van der Waals surface area contributed by atoms with Crippen LogP contribution in [0.4, 0.5) is 4.39 Å². The Labute approximate surface area is 156 Å². The Morgan fingerprint density at radius 2 is 2.19 bits per heavy atom. The minimum atomic E-state index is -0.806. The van der Waals surface area contributed by atoms with Gasteiger partial charge in [-0.15, -0.1) is 11.3 Å². The fourth-order valence-corrected chi connectivity index (χ4v) is 4.51. The Balaban J connectivity index is 1.46. The predicted octanol–water partition coefficient (Wildman–Crippen LogP) is 3.47. The van der Waals surface area contributed by atoms with Gasteiger partial charge < -0.3 is 5.11 Å². The predicted molar refractivity (Wildman–Crippen MR) is 101 cm³/mol. The zero-order valence-corrected chi connectivity index (χ0v) is 15.5. The van der Waals surface area contributed by atoms with Gasteiger partial charge in [-0.05, 0) is 35.6 Å². The van der Waals surface area contributed by atoms with Gasteiger partial charge in [0.1, 0.15) is 11.5 Å². The van der Waals surface area contributed by atoms with E-state index >= 15 is 0 Å². The van der Waals surface area contributed by atoms with E-state index in [0.29, 0.717) is 19.4 Å². The largest absolute Gasteiger partial charge is 0.388 e. The lowest BCUT2D eigenvalue weighted by atomic mass is 9.94. The van der Waals surface area contributed by atoms with Crippen molar-refractivity contribution in [3.63, 3.8) is 0 Å². The van der Waals surface area contributed by atoms with Crippen LogP contribution in [0.15, 0.2) is 48.0 Å². The van der Waals surface area contributed by atoms with Crippen LogP contribution in [0, 0.1) is 5.82 Å². The molecule has 1 fully saturated rings. The molecule has 1 aliphatic heterocycles. The molecule has 26 heavy (non-hydrogen) atoms. The Bertz CT molecular complexity index is 892. The van der Waals surface area contributed by atoms with Crippen LogP contribution < -0.4 is 0 Å². The third-order valence-corrected chi connectivity index (χ3v) is 5.76. The second-order valence-electron chi connectivity index (χ2n) is 7.15. The maximum absolute atomic E-state index is 13.4. The number of β-amino-alcohol motifs (C(OH)–C–C–N with tert-alkyl or cyclic N) is 1. The standard InChI is InChI=1S/C20H22FN3OS/c1-23-12-16(19(22-23)18-6-3-9-26-18)13-24-8-7-20(25,14-24)11-15-4-2-5-17(21)10-15/h2-6,9-10,12,25H,7-8,11,13-14H2,1H3. The Morgan fingerprint density at radius 3 is 2.96 bits per heavy atom. The first-order valence-electron chi connectivity index (χ1n) is 8.76. The van der Waals surface area contributed by atoms with Gasteiger partial charge in [-0.3, -0.25) is 9.58 Å². The van der Waals surface area contributed by atoms with E-state index in [-0.39, 0.29) is 5.82 Å². The number of nitrogens with zero attached hydrogens (tertiary/aromatic N) is 3. The number of aliphatic hydroxyl groups is 1. The van der Waals surface area contributed by atoms with Crippen molar-refractivity contribution in [3.8, 4) is 10.6 Å². The number of thiophene rings is 1. The van der Waals surface area contributed by atoms with Crippen molar-refractivity contribution in [2.75, 3.05) is 13.1 Å². The lowest BCUT2D eigenvalue weighted by molar-refractivity contribution is 0.0488. The van der Waals surface area contributed by atoms with E-state index in [1.165, 1.54) is 17.7 Å². The van der Waals surface area contributed by atoms with Crippen molar-refractivity contribution in [2.45, 2.75) is 25.0 Å². The molecule has 0 bridgehead atoms. The molecule has 0 saturated carbocycles. The summed E-state index contributed by atoms with van der Waals surface area (Å²) in [6.07, 6.45) is 3.23. The third kappa shape index (κ3) is 3.72. The van der Waals surface area contributed by atoms with Crippen molar-refractivity contribution < 1.29 is 9.50 Å². The molecular weight excluding hydrogens is 349 g/mol. The summed E-state index contributed by atoms with van der Waals surface area (Å²) in [5.41, 5.74) is 2.22. The van der Waals surface area contributed by atoms with Crippen molar-refractivity contribution >= 4 is 11.3 Å². The molecule has 0 aliphatic carbocycles. The van der Waals surface area contributed by atoms with Crippen LogP contribution in [0.3, 0.4) is 0 Å². The fraction of sp³-hybridized carbons (Fsp3) is 0.350. The highest BCUT2D eigenvalue weighted by Gasteiger charge is 2.36. The lowest BCUT2D eigenvalue weighted by Gasteiger charge is -2.23. The first-order chi connectivity index (χ1) is 12.5. The molecule has 0 amide bonds. The number of aryl methyl sites for hydroxylation is 1. The van der Waals surface area contributed by atoms with Gasteiger partial charge in [-0.25, -0.2) is 4.39 Å². The van der Waals surface area contributed by atoms with Gasteiger partial charge in [0.25, 0.3) is 0 Å². The summed E-state index contributed by atoms with van der Waals surface area (Å²) in [5, 5.41) is 17.6. The molecule has 1 atom stereocenters. The van der Waals surface area contributed by atoms with E-state index in [2.05, 4.69) is 27.6 Å². The Morgan fingerprint density at radius 1 is 1.31 bits per heavy atom. The van der Waals surface area contributed by atoms with E-state index in [4.69, 9.17) is 0 Å². The van der Waals surface area contributed by atoms with Gasteiger partial charge >= 0.3 is 0 Å². The Hall–Kier alpha value is -2.02. The molecule has 4 rings (SSSR count). The van der Waals surface area contributed by atoms with Crippen LogP contribution in [0.1, 0.15) is 17.5 Å². The van der Waals surface area contributed by atoms with E-state index < -0.39 is 5.60 Å². The molecule has 136 valence electrons. The molecule has 0 spiro atoms. The first-order valence-corrected chi connectivity index (χ1v) is 9.64. The van der Waals surface area contributed by atoms with Crippen molar-refractivity contribution in [1.29, 1.82) is 0 Å². The minimum Gasteiger partial charge on any atom is -0.388 e. The maximum Gasteiger partial charge on any atom is 0.123 e. The van der Waals surface area contributed by atoms with Crippen LogP contribution in [0.2, 0.25) is 0 Å².